The molecule has 15 heavy (non-hydrogen) atoms. The van der Waals surface area contributed by atoms with E-state index in [1.807, 2.05) is 0 Å². The molecule has 1 aromatic rings. The number of halogens is 3. The van der Waals surface area contributed by atoms with Gasteiger partial charge in [-0.05, 0) is 9.91 Å². The molecule has 0 saturated heterocycles. The molecule has 0 aliphatic rings. The molecule has 0 atom stereocenters. The first-order valence-corrected chi connectivity index (χ1v) is 4.80. The van der Waals surface area contributed by atoms with Crippen molar-refractivity contribution in [3.05, 3.63) is 27.4 Å². The van der Waals surface area contributed by atoms with Crippen LogP contribution >= 0.6 is 15.9 Å². The summed E-state index contributed by atoms with van der Waals surface area (Å²) >= 11 is 2.92. The minimum Gasteiger partial charge on any atom is -0.501 e. The second-order valence-corrected chi connectivity index (χ2v) is 3.12. The number of alkyl halides is 3. The summed E-state index contributed by atoms with van der Waals surface area (Å²) in [5.74, 6) is -2.04. The van der Waals surface area contributed by atoms with Gasteiger partial charge in [-0.1, -0.05) is 15.9 Å². The quantitative estimate of drug-likeness (QED) is 0.525. The molecule has 8 heteroatoms. The Balaban J connectivity index is 3.42. The second-order valence-electron chi connectivity index (χ2n) is 2.56. The average molecular weight is 283 g/mol. The maximum atomic E-state index is 12.5. The summed E-state index contributed by atoms with van der Waals surface area (Å²) in [4.78, 5) is 12.6. The zero-order valence-electron chi connectivity index (χ0n) is 7.15. The number of nitrogens with zero attached hydrogens (tertiary/aromatic N) is 2. The first-order chi connectivity index (χ1) is 6.99. The number of rotatable bonds is 3. The van der Waals surface area contributed by atoms with Gasteiger partial charge in [-0.25, -0.2) is 8.78 Å². The van der Waals surface area contributed by atoms with Gasteiger partial charge in [-0.2, -0.15) is 0 Å². The number of hydrogen-bond donors (Lipinski definition) is 1. The van der Waals surface area contributed by atoms with Crippen molar-refractivity contribution in [2.45, 2.75) is 11.8 Å². The minimum absolute atomic E-state index is 0.0214. The van der Waals surface area contributed by atoms with Gasteiger partial charge in [-0.3, -0.25) is 0 Å². The molecule has 5 nitrogen and oxygen atoms in total. The number of aromatic hydroxyl groups is 1. The molecule has 1 aromatic heterocycles. The van der Waals surface area contributed by atoms with E-state index in [1.54, 1.807) is 0 Å². The Hall–Kier alpha value is -1.31. The molecule has 0 unspecified atom stereocenters. The second kappa shape index (κ2) is 4.47. The highest BCUT2D eigenvalue weighted by Gasteiger charge is 2.27. The van der Waals surface area contributed by atoms with Crippen LogP contribution in [-0.4, -0.2) is 15.0 Å². The lowest BCUT2D eigenvalue weighted by Gasteiger charge is -2.06. The Morgan fingerprint density at radius 3 is 2.67 bits per heavy atom. The first kappa shape index (κ1) is 11.8. The van der Waals surface area contributed by atoms with Gasteiger partial charge in [-0.15, -0.1) is 0 Å². The van der Waals surface area contributed by atoms with Crippen LogP contribution in [0.1, 0.15) is 17.6 Å². The van der Waals surface area contributed by atoms with Gasteiger partial charge in [0.15, 0.2) is 0 Å². The van der Waals surface area contributed by atoms with Crippen LogP contribution < -0.4 is 0 Å². The van der Waals surface area contributed by atoms with Gasteiger partial charge in [0.2, 0.25) is 5.75 Å². The van der Waals surface area contributed by atoms with Crippen LogP contribution in [0.5, 0.6) is 5.75 Å². The van der Waals surface area contributed by atoms with Gasteiger partial charge in [0.25, 0.3) is 6.43 Å². The van der Waals surface area contributed by atoms with Gasteiger partial charge < -0.3 is 15.2 Å². The lowest BCUT2D eigenvalue weighted by molar-refractivity contribution is -0.390. The molecule has 0 aliphatic heterocycles. The SMILES string of the molecule is O=[N+]([O-])c1ncc(CBr)c(C(F)F)c1O. The maximum absolute atomic E-state index is 12.5. The molecule has 0 fully saturated rings. The zero-order valence-corrected chi connectivity index (χ0v) is 8.74. The topological polar surface area (TPSA) is 76.3 Å². The number of aromatic nitrogens is 1. The predicted octanol–water partition coefficient (Wildman–Crippen LogP) is 2.53. The molecule has 1 N–H and O–H groups in total. The number of pyridine rings is 1. The average Bonchev–Trinajstić information content (AvgIpc) is 2.15. The molecular weight excluding hydrogens is 278 g/mol. The molecule has 0 amide bonds. The minimum atomic E-state index is -2.99. The summed E-state index contributed by atoms with van der Waals surface area (Å²) in [5, 5.41) is 19.6. The molecule has 0 aliphatic carbocycles. The number of nitro groups is 1. The summed E-state index contributed by atoms with van der Waals surface area (Å²) in [7, 11) is 0. The fourth-order valence-corrected chi connectivity index (χ4v) is 1.47. The molecule has 0 saturated carbocycles. The fraction of sp³-hybridized carbons (Fsp3) is 0.286. The predicted molar refractivity (Wildman–Crippen MR) is 50.1 cm³/mol. The third-order valence-electron chi connectivity index (χ3n) is 1.69. The van der Waals surface area contributed by atoms with E-state index in [2.05, 4.69) is 20.9 Å². The van der Waals surface area contributed by atoms with Crippen molar-refractivity contribution >= 4 is 21.7 Å². The molecule has 0 bridgehead atoms. The molecule has 0 spiro atoms. The van der Waals surface area contributed by atoms with Crippen LogP contribution in [0, 0.1) is 10.1 Å². The molecule has 0 aromatic carbocycles. The van der Waals surface area contributed by atoms with Crippen molar-refractivity contribution in [2.75, 3.05) is 0 Å². The molecule has 1 heterocycles. The highest BCUT2D eigenvalue weighted by Crippen LogP contribution is 2.37. The van der Waals surface area contributed by atoms with E-state index < -0.39 is 28.5 Å². The van der Waals surface area contributed by atoms with Crippen molar-refractivity contribution in [3.63, 3.8) is 0 Å². The third kappa shape index (κ3) is 2.20. The molecular formula is C7H5BrF2N2O3. The van der Waals surface area contributed by atoms with Gasteiger partial charge in [0, 0.05) is 10.9 Å². The van der Waals surface area contributed by atoms with E-state index in [-0.39, 0.29) is 10.9 Å². The zero-order chi connectivity index (χ0) is 11.6. The third-order valence-corrected chi connectivity index (χ3v) is 2.29. The Kier molecular flexibility index (Phi) is 3.51. The lowest BCUT2D eigenvalue weighted by atomic mass is 10.1. The monoisotopic (exact) mass is 282 g/mol. The standard InChI is InChI=1S/C7H5BrF2N2O3/c8-1-3-2-11-7(12(14)15)5(13)4(3)6(9)10/h2,6,13H,1H2. The molecule has 1 rings (SSSR count). The van der Waals surface area contributed by atoms with Crippen LogP contribution in [-0.2, 0) is 5.33 Å². The summed E-state index contributed by atoms with van der Waals surface area (Å²) in [6.07, 6.45) is -2.05. The summed E-state index contributed by atoms with van der Waals surface area (Å²) in [6.45, 7) is 0. The van der Waals surface area contributed by atoms with Gasteiger partial charge in [0.05, 0.1) is 5.56 Å². The van der Waals surface area contributed by atoms with E-state index in [0.29, 0.717) is 0 Å². The Bertz CT molecular complexity index is 400. The van der Waals surface area contributed by atoms with Gasteiger partial charge >= 0.3 is 5.82 Å². The fourth-order valence-electron chi connectivity index (χ4n) is 1.03. The maximum Gasteiger partial charge on any atom is 0.406 e. The highest BCUT2D eigenvalue weighted by atomic mass is 79.9. The van der Waals surface area contributed by atoms with Crippen LogP contribution in [0.4, 0.5) is 14.6 Å². The Morgan fingerprint density at radius 2 is 2.27 bits per heavy atom. The van der Waals surface area contributed by atoms with E-state index >= 15 is 0 Å². The van der Waals surface area contributed by atoms with Gasteiger partial charge in [0.1, 0.15) is 6.20 Å². The van der Waals surface area contributed by atoms with E-state index in [0.717, 1.165) is 6.20 Å². The van der Waals surface area contributed by atoms with Crippen LogP contribution in [0.15, 0.2) is 6.20 Å². The van der Waals surface area contributed by atoms with E-state index in [1.165, 1.54) is 0 Å². The normalized spacial score (nSPS) is 10.7. The van der Waals surface area contributed by atoms with Crippen molar-refractivity contribution in [3.8, 4) is 5.75 Å². The van der Waals surface area contributed by atoms with Crippen LogP contribution in [0.2, 0.25) is 0 Å². The van der Waals surface area contributed by atoms with E-state index in [9.17, 15) is 24.0 Å². The van der Waals surface area contributed by atoms with Crippen molar-refractivity contribution in [1.29, 1.82) is 0 Å². The van der Waals surface area contributed by atoms with Crippen molar-refractivity contribution in [2.24, 2.45) is 0 Å². The highest BCUT2D eigenvalue weighted by molar-refractivity contribution is 9.08. The van der Waals surface area contributed by atoms with Crippen LogP contribution in [0.25, 0.3) is 0 Å². The summed E-state index contributed by atoms with van der Waals surface area (Å²) < 4.78 is 25.0. The summed E-state index contributed by atoms with van der Waals surface area (Å²) in [5.41, 5.74) is -0.735. The summed E-state index contributed by atoms with van der Waals surface area (Å²) in [6, 6.07) is 0. The largest absolute Gasteiger partial charge is 0.501 e. The van der Waals surface area contributed by atoms with Crippen molar-refractivity contribution < 1.29 is 18.8 Å². The smallest absolute Gasteiger partial charge is 0.406 e. The molecule has 0 radical (unpaired) electrons. The molecule has 82 valence electrons. The van der Waals surface area contributed by atoms with E-state index in [4.69, 9.17) is 0 Å². The van der Waals surface area contributed by atoms with Crippen molar-refractivity contribution in [1.82, 2.24) is 4.98 Å². The first-order valence-electron chi connectivity index (χ1n) is 3.68. The Labute approximate surface area is 91.0 Å². The Morgan fingerprint density at radius 1 is 1.67 bits per heavy atom. The number of hydrogen-bond acceptors (Lipinski definition) is 4. The van der Waals surface area contributed by atoms with Crippen LogP contribution in [0.3, 0.4) is 0 Å². The lowest BCUT2D eigenvalue weighted by Crippen LogP contribution is -2.00.